The molecule has 57 heavy (non-hydrogen) atoms. The number of fused-ring (bicyclic) bond motifs is 10. The SMILES string of the molecule is c1ccc(-c2ccc3c(c2)oc2ccc(-n4c5ccccc5c5ccc6c7ccccc7n(-c7nc(-c8ccccc8)nc(-c8ccccc8)n7)c6c54)cc23)cc1. The molecule has 4 heterocycles. The van der Waals surface area contributed by atoms with E-state index in [1.807, 2.05) is 66.7 Å². The highest BCUT2D eigenvalue weighted by atomic mass is 16.3. The second-order valence-corrected chi connectivity index (χ2v) is 14.4. The molecule has 0 N–H and O–H groups in total. The molecule has 6 nitrogen and oxygen atoms in total. The summed E-state index contributed by atoms with van der Waals surface area (Å²) in [7, 11) is 0. The first kappa shape index (κ1) is 31.5. The fraction of sp³-hybridized carbons (Fsp3) is 0. The topological polar surface area (TPSA) is 61.7 Å². The van der Waals surface area contributed by atoms with Gasteiger partial charge in [-0.2, -0.15) is 9.97 Å². The van der Waals surface area contributed by atoms with Gasteiger partial charge in [0.25, 0.3) is 0 Å². The lowest BCUT2D eigenvalue weighted by Crippen LogP contribution is -2.07. The summed E-state index contributed by atoms with van der Waals surface area (Å²) in [5, 5.41) is 6.71. The summed E-state index contributed by atoms with van der Waals surface area (Å²) in [6.07, 6.45) is 0. The van der Waals surface area contributed by atoms with Gasteiger partial charge in [0, 0.05) is 49.1 Å². The number of benzene rings is 8. The molecule has 0 saturated heterocycles. The van der Waals surface area contributed by atoms with E-state index in [2.05, 4.69) is 130 Å². The highest BCUT2D eigenvalue weighted by Gasteiger charge is 2.24. The van der Waals surface area contributed by atoms with Gasteiger partial charge in [-0.1, -0.05) is 146 Å². The van der Waals surface area contributed by atoms with Crippen molar-refractivity contribution in [3.05, 3.63) is 188 Å². The van der Waals surface area contributed by atoms with Crippen molar-refractivity contribution in [2.45, 2.75) is 0 Å². The van der Waals surface area contributed by atoms with Crippen LogP contribution in [0.2, 0.25) is 0 Å². The number of rotatable bonds is 5. The van der Waals surface area contributed by atoms with Gasteiger partial charge < -0.3 is 8.98 Å². The third kappa shape index (κ3) is 4.87. The molecule has 6 heteroatoms. The van der Waals surface area contributed by atoms with Gasteiger partial charge in [0.15, 0.2) is 11.6 Å². The van der Waals surface area contributed by atoms with Crippen molar-refractivity contribution in [3.63, 3.8) is 0 Å². The monoisotopic (exact) mass is 729 g/mol. The summed E-state index contributed by atoms with van der Waals surface area (Å²) in [5.41, 5.74) is 11.1. The van der Waals surface area contributed by atoms with Gasteiger partial charge in [-0.15, -0.1) is 0 Å². The molecule has 0 saturated carbocycles. The quantitative estimate of drug-likeness (QED) is 0.177. The van der Waals surface area contributed by atoms with Crippen LogP contribution in [0, 0.1) is 0 Å². The summed E-state index contributed by atoms with van der Waals surface area (Å²) in [5.74, 6) is 1.79. The summed E-state index contributed by atoms with van der Waals surface area (Å²) in [4.78, 5) is 15.5. The molecule has 0 unspecified atom stereocenters. The lowest BCUT2D eigenvalue weighted by molar-refractivity contribution is 0.669. The van der Waals surface area contributed by atoms with Crippen molar-refractivity contribution in [1.82, 2.24) is 24.1 Å². The Balaban J connectivity index is 1.17. The molecule has 8 aromatic carbocycles. The molecule has 0 aliphatic heterocycles. The van der Waals surface area contributed by atoms with E-state index in [9.17, 15) is 0 Å². The maximum atomic E-state index is 6.51. The Morgan fingerprint density at radius 2 is 0.860 bits per heavy atom. The maximum Gasteiger partial charge on any atom is 0.238 e. The third-order valence-electron chi connectivity index (χ3n) is 11.2. The van der Waals surface area contributed by atoms with E-state index < -0.39 is 0 Å². The molecule has 12 aromatic rings. The fourth-order valence-corrected chi connectivity index (χ4v) is 8.59. The van der Waals surface area contributed by atoms with E-state index in [-0.39, 0.29) is 0 Å². The van der Waals surface area contributed by atoms with Crippen LogP contribution in [-0.4, -0.2) is 24.1 Å². The molecule has 0 aliphatic carbocycles. The van der Waals surface area contributed by atoms with Crippen LogP contribution in [0.3, 0.4) is 0 Å². The number of nitrogens with zero attached hydrogens (tertiary/aromatic N) is 5. The molecular formula is C51H31N5O. The number of para-hydroxylation sites is 2. The Morgan fingerprint density at radius 3 is 1.49 bits per heavy atom. The molecule has 0 fully saturated rings. The number of hydrogen-bond acceptors (Lipinski definition) is 4. The first-order chi connectivity index (χ1) is 28.3. The zero-order chi connectivity index (χ0) is 37.5. The van der Waals surface area contributed by atoms with Gasteiger partial charge in [-0.25, -0.2) is 4.98 Å². The van der Waals surface area contributed by atoms with Gasteiger partial charge in [0.2, 0.25) is 5.95 Å². The Kier molecular flexibility index (Phi) is 6.83. The second-order valence-electron chi connectivity index (χ2n) is 14.4. The molecular weight excluding hydrogens is 699 g/mol. The lowest BCUT2D eigenvalue weighted by atomic mass is 10.0. The molecule has 0 aliphatic rings. The average molecular weight is 730 g/mol. The molecule has 12 rings (SSSR count). The largest absolute Gasteiger partial charge is 0.456 e. The minimum absolute atomic E-state index is 0.559. The van der Waals surface area contributed by atoms with Gasteiger partial charge in [0.05, 0.1) is 22.1 Å². The summed E-state index contributed by atoms with van der Waals surface area (Å²) < 4.78 is 11.1. The van der Waals surface area contributed by atoms with Crippen molar-refractivity contribution in [2.75, 3.05) is 0 Å². The molecule has 0 amide bonds. The van der Waals surface area contributed by atoms with E-state index in [1.165, 1.54) is 5.39 Å². The van der Waals surface area contributed by atoms with Gasteiger partial charge in [-0.3, -0.25) is 4.57 Å². The van der Waals surface area contributed by atoms with E-state index in [0.717, 1.165) is 88.1 Å². The van der Waals surface area contributed by atoms with E-state index >= 15 is 0 Å². The zero-order valence-electron chi connectivity index (χ0n) is 30.5. The number of hydrogen-bond donors (Lipinski definition) is 0. The summed E-state index contributed by atoms with van der Waals surface area (Å²) in [6.45, 7) is 0. The zero-order valence-corrected chi connectivity index (χ0v) is 30.5. The molecule has 266 valence electrons. The van der Waals surface area contributed by atoms with Crippen molar-refractivity contribution in [2.24, 2.45) is 0 Å². The van der Waals surface area contributed by atoms with E-state index in [4.69, 9.17) is 19.4 Å². The molecule has 0 bridgehead atoms. The molecule has 0 radical (unpaired) electrons. The Labute approximate surface area is 326 Å². The van der Waals surface area contributed by atoms with Crippen molar-refractivity contribution in [3.8, 4) is 45.5 Å². The van der Waals surface area contributed by atoms with Crippen LogP contribution < -0.4 is 0 Å². The molecule has 0 atom stereocenters. The first-order valence-electron chi connectivity index (χ1n) is 19.1. The minimum Gasteiger partial charge on any atom is -0.456 e. The lowest BCUT2D eigenvalue weighted by Gasteiger charge is -2.13. The highest BCUT2D eigenvalue weighted by Crippen LogP contribution is 2.42. The normalized spacial score (nSPS) is 11.9. The van der Waals surface area contributed by atoms with Crippen LogP contribution in [-0.2, 0) is 0 Å². The standard InChI is InChI=1S/C51H31N5O/c1-4-14-32(15-5-1)35-24-26-39-42-31-36(25-29-45(42)57-46(39)30-35)55-43-22-12-10-20-37(43)40-27-28-41-38-21-11-13-23-44(38)56(48(41)47(40)55)51-53-49(33-16-6-2-7-17-33)52-50(54-51)34-18-8-3-9-19-34/h1-31H. The van der Waals surface area contributed by atoms with E-state index in [1.54, 1.807) is 0 Å². The van der Waals surface area contributed by atoms with Crippen LogP contribution in [0.1, 0.15) is 0 Å². The predicted octanol–water partition coefficient (Wildman–Crippen LogP) is 13.0. The maximum absolute atomic E-state index is 6.51. The van der Waals surface area contributed by atoms with E-state index in [0.29, 0.717) is 17.6 Å². The fourth-order valence-electron chi connectivity index (χ4n) is 8.59. The first-order valence-corrected chi connectivity index (χ1v) is 19.1. The summed E-state index contributed by atoms with van der Waals surface area (Å²) in [6, 6.07) is 65.5. The third-order valence-corrected chi connectivity index (χ3v) is 11.2. The van der Waals surface area contributed by atoms with Crippen LogP contribution >= 0.6 is 0 Å². The Morgan fingerprint density at radius 1 is 0.333 bits per heavy atom. The van der Waals surface area contributed by atoms with Gasteiger partial charge in [0.1, 0.15) is 11.2 Å². The second kappa shape index (κ2) is 12.3. The average Bonchev–Trinajstić information content (AvgIpc) is 3.94. The Bertz CT molecular complexity index is 3450. The van der Waals surface area contributed by atoms with Crippen LogP contribution in [0.25, 0.3) is 111 Å². The number of furan rings is 1. The van der Waals surface area contributed by atoms with Crippen LogP contribution in [0.15, 0.2) is 192 Å². The highest BCUT2D eigenvalue weighted by molar-refractivity contribution is 6.24. The van der Waals surface area contributed by atoms with Crippen molar-refractivity contribution < 1.29 is 4.42 Å². The van der Waals surface area contributed by atoms with Crippen LogP contribution in [0.4, 0.5) is 0 Å². The van der Waals surface area contributed by atoms with Gasteiger partial charge in [-0.05, 0) is 53.6 Å². The van der Waals surface area contributed by atoms with Gasteiger partial charge >= 0.3 is 0 Å². The molecule has 4 aromatic heterocycles. The van der Waals surface area contributed by atoms with Crippen molar-refractivity contribution in [1.29, 1.82) is 0 Å². The predicted molar refractivity (Wildman–Crippen MR) is 232 cm³/mol. The van der Waals surface area contributed by atoms with Crippen molar-refractivity contribution >= 4 is 65.6 Å². The minimum atomic E-state index is 0.559. The smallest absolute Gasteiger partial charge is 0.238 e. The Hall–Kier alpha value is -7.83. The molecule has 0 spiro atoms. The number of aromatic nitrogens is 5. The van der Waals surface area contributed by atoms with Crippen LogP contribution in [0.5, 0.6) is 0 Å². The summed E-state index contributed by atoms with van der Waals surface area (Å²) >= 11 is 0.